The van der Waals surface area contributed by atoms with E-state index in [0.717, 1.165) is 28.6 Å². The first-order valence-electron chi connectivity index (χ1n) is 5.77. The molecule has 0 unspecified atom stereocenters. The summed E-state index contributed by atoms with van der Waals surface area (Å²) in [6.07, 6.45) is 1.79. The lowest BCUT2D eigenvalue weighted by atomic mass is 10.2. The summed E-state index contributed by atoms with van der Waals surface area (Å²) in [6, 6.07) is 11.8. The first-order valence-corrected chi connectivity index (χ1v) is 6.15. The first kappa shape index (κ1) is 12.7. The number of anilines is 2. The maximum atomic E-state index is 5.96. The molecule has 2 rings (SSSR count). The summed E-state index contributed by atoms with van der Waals surface area (Å²) in [5.41, 5.74) is 2.17. The zero-order chi connectivity index (χ0) is 13.0. The number of pyridine rings is 1. The van der Waals surface area contributed by atoms with Crippen LogP contribution in [0, 0.1) is 0 Å². The molecule has 0 bridgehead atoms. The third-order valence-electron chi connectivity index (χ3n) is 2.58. The lowest BCUT2D eigenvalue weighted by Crippen LogP contribution is -2.13. The van der Waals surface area contributed by atoms with Crippen molar-refractivity contribution in [3.63, 3.8) is 0 Å². The van der Waals surface area contributed by atoms with Crippen LogP contribution < -0.4 is 10.2 Å². The Morgan fingerprint density at radius 1 is 1.22 bits per heavy atom. The van der Waals surface area contributed by atoms with Crippen molar-refractivity contribution in [2.75, 3.05) is 24.3 Å². The number of nitrogens with zero attached hydrogens (tertiary/aromatic N) is 2. The lowest BCUT2D eigenvalue weighted by Gasteiger charge is -2.16. The predicted octanol–water partition coefficient (Wildman–Crippen LogP) is 3.41. The number of benzene rings is 1. The van der Waals surface area contributed by atoms with Gasteiger partial charge in [0.25, 0.3) is 0 Å². The Morgan fingerprint density at radius 3 is 2.78 bits per heavy atom. The van der Waals surface area contributed by atoms with Crippen LogP contribution in [-0.4, -0.2) is 19.1 Å². The molecule has 0 fully saturated rings. The molecule has 0 radical (unpaired) electrons. The van der Waals surface area contributed by atoms with Gasteiger partial charge >= 0.3 is 0 Å². The SMILES string of the molecule is CN(C)c1ncccc1NCc1cccc(Cl)c1. The summed E-state index contributed by atoms with van der Waals surface area (Å²) < 4.78 is 0. The second kappa shape index (κ2) is 5.74. The summed E-state index contributed by atoms with van der Waals surface area (Å²) in [4.78, 5) is 6.33. The van der Waals surface area contributed by atoms with Crippen molar-refractivity contribution in [3.05, 3.63) is 53.2 Å². The van der Waals surface area contributed by atoms with Crippen LogP contribution in [0.25, 0.3) is 0 Å². The Kier molecular flexibility index (Phi) is 4.05. The quantitative estimate of drug-likeness (QED) is 0.914. The number of halogens is 1. The molecule has 0 saturated carbocycles. The van der Waals surface area contributed by atoms with Crippen LogP contribution in [0.5, 0.6) is 0 Å². The Balaban J connectivity index is 2.11. The number of hydrogen-bond donors (Lipinski definition) is 1. The van der Waals surface area contributed by atoms with Crippen molar-refractivity contribution < 1.29 is 0 Å². The molecular weight excluding hydrogens is 246 g/mol. The zero-order valence-electron chi connectivity index (χ0n) is 10.5. The smallest absolute Gasteiger partial charge is 0.151 e. The minimum atomic E-state index is 0.729. The van der Waals surface area contributed by atoms with Gasteiger partial charge in [-0.15, -0.1) is 0 Å². The standard InChI is InChI=1S/C14H16ClN3/c1-18(2)14-13(7-4-8-16-14)17-10-11-5-3-6-12(15)9-11/h3-9,17H,10H2,1-2H3. The molecule has 0 aliphatic carbocycles. The average Bonchev–Trinajstić information content (AvgIpc) is 2.37. The molecule has 1 aromatic heterocycles. The monoisotopic (exact) mass is 261 g/mol. The topological polar surface area (TPSA) is 28.2 Å². The molecule has 4 heteroatoms. The summed E-state index contributed by atoms with van der Waals surface area (Å²) in [5.74, 6) is 0.930. The molecule has 1 aromatic carbocycles. The largest absolute Gasteiger partial charge is 0.378 e. The van der Waals surface area contributed by atoms with Crippen molar-refractivity contribution in [2.45, 2.75) is 6.54 Å². The maximum Gasteiger partial charge on any atom is 0.151 e. The second-order valence-corrected chi connectivity index (χ2v) is 4.69. The fraction of sp³-hybridized carbons (Fsp3) is 0.214. The zero-order valence-corrected chi connectivity index (χ0v) is 11.3. The molecule has 0 atom stereocenters. The molecule has 1 heterocycles. The van der Waals surface area contributed by atoms with Gasteiger partial charge in [-0.2, -0.15) is 0 Å². The van der Waals surface area contributed by atoms with E-state index in [2.05, 4.69) is 10.3 Å². The van der Waals surface area contributed by atoms with Gasteiger partial charge in [0.1, 0.15) is 0 Å². The summed E-state index contributed by atoms with van der Waals surface area (Å²) in [5, 5.41) is 4.13. The molecule has 1 N–H and O–H groups in total. The van der Waals surface area contributed by atoms with Gasteiger partial charge in [0.2, 0.25) is 0 Å². The Bertz CT molecular complexity index is 526. The summed E-state index contributed by atoms with van der Waals surface area (Å²) >= 11 is 5.96. The predicted molar refractivity (Wildman–Crippen MR) is 77.3 cm³/mol. The van der Waals surface area contributed by atoms with E-state index in [4.69, 9.17) is 11.6 Å². The second-order valence-electron chi connectivity index (χ2n) is 4.25. The van der Waals surface area contributed by atoms with Crippen molar-refractivity contribution in [1.82, 2.24) is 4.98 Å². The Morgan fingerprint density at radius 2 is 2.06 bits per heavy atom. The fourth-order valence-corrected chi connectivity index (χ4v) is 1.95. The van der Waals surface area contributed by atoms with Gasteiger partial charge < -0.3 is 10.2 Å². The van der Waals surface area contributed by atoms with Crippen LogP contribution in [0.4, 0.5) is 11.5 Å². The highest BCUT2D eigenvalue weighted by Gasteiger charge is 2.04. The summed E-state index contributed by atoms with van der Waals surface area (Å²) in [7, 11) is 3.96. The summed E-state index contributed by atoms with van der Waals surface area (Å²) in [6.45, 7) is 0.729. The van der Waals surface area contributed by atoms with Crippen molar-refractivity contribution in [2.24, 2.45) is 0 Å². The minimum absolute atomic E-state index is 0.729. The van der Waals surface area contributed by atoms with Gasteiger partial charge in [-0.3, -0.25) is 0 Å². The Labute approximate surface area is 112 Å². The van der Waals surface area contributed by atoms with E-state index in [1.807, 2.05) is 55.4 Å². The third kappa shape index (κ3) is 3.14. The minimum Gasteiger partial charge on any atom is -0.378 e. The molecule has 0 amide bonds. The fourth-order valence-electron chi connectivity index (χ4n) is 1.74. The van der Waals surface area contributed by atoms with Crippen LogP contribution in [0.2, 0.25) is 5.02 Å². The molecular formula is C14H16ClN3. The molecule has 0 saturated heterocycles. The van der Waals surface area contributed by atoms with Crippen molar-refractivity contribution in [3.8, 4) is 0 Å². The van der Waals surface area contributed by atoms with Gasteiger partial charge in [-0.1, -0.05) is 23.7 Å². The van der Waals surface area contributed by atoms with E-state index >= 15 is 0 Å². The first-order chi connectivity index (χ1) is 8.66. The van der Waals surface area contributed by atoms with Crippen LogP contribution >= 0.6 is 11.6 Å². The number of nitrogens with one attached hydrogen (secondary N) is 1. The maximum absolute atomic E-state index is 5.96. The van der Waals surface area contributed by atoms with Crippen molar-refractivity contribution in [1.29, 1.82) is 0 Å². The molecule has 94 valence electrons. The average molecular weight is 262 g/mol. The molecule has 0 spiro atoms. The normalized spacial score (nSPS) is 10.2. The van der Waals surface area contributed by atoms with Gasteiger partial charge in [-0.25, -0.2) is 4.98 Å². The van der Waals surface area contributed by atoms with Crippen LogP contribution in [-0.2, 0) is 6.54 Å². The van der Waals surface area contributed by atoms with E-state index < -0.39 is 0 Å². The lowest BCUT2D eigenvalue weighted by molar-refractivity contribution is 1.05. The van der Waals surface area contributed by atoms with Gasteiger partial charge in [-0.05, 0) is 29.8 Å². The molecule has 3 nitrogen and oxygen atoms in total. The molecule has 2 aromatic rings. The van der Waals surface area contributed by atoms with E-state index in [-0.39, 0.29) is 0 Å². The Hall–Kier alpha value is -1.74. The molecule has 0 aliphatic heterocycles. The molecule has 18 heavy (non-hydrogen) atoms. The van der Waals surface area contributed by atoms with Gasteiger partial charge in [0.05, 0.1) is 5.69 Å². The molecule has 0 aliphatic rings. The van der Waals surface area contributed by atoms with E-state index in [0.29, 0.717) is 0 Å². The van der Waals surface area contributed by atoms with Crippen molar-refractivity contribution >= 4 is 23.1 Å². The van der Waals surface area contributed by atoms with Gasteiger partial charge in [0.15, 0.2) is 5.82 Å². The highest BCUT2D eigenvalue weighted by molar-refractivity contribution is 6.30. The number of rotatable bonds is 4. The number of hydrogen-bond acceptors (Lipinski definition) is 3. The van der Waals surface area contributed by atoms with Gasteiger partial charge in [0, 0.05) is 31.9 Å². The number of aromatic nitrogens is 1. The van der Waals surface area contributed by atoms with E-state index in [1.165, 1.54) is 0 Å². The van der Waals surface area contributed by atoms with E-state index in [1.54, 1.807) is 6.20 Å². The van der Waals surface area contributed by atoms with Crippen LogP contribution in [0.3, 0.4) is 0 Å². The van der Waals surface area contributed by atoms with E-state index in [9.17, 15) is 0 Å². The van der Waals surface area contributed by atoms with Crippen LogP contribution in [0.1, 0.15) is 5.56 Å². The van der Waals surface area contributed by atoms with Crippen LogP contribution in [0.15, 0.2) is 42.6 Å². The third-order valence-corrected chi connectivity index (χ3v) is 2.82. The highest BCUT2D eigenvalue weighted by Crippen LogP contribution is 2.21. The highest BCUT2D eigenvalue weighted by atomic mass is 35.5.